The van der Waals surface area contributed by atoms with Crippen molar-refractivity contribution in [2.75, 3.05) is 11.4 Å². The maximum absolute atomic E-state index is 12.1. The number of pyridine rings is 1. The normalized spacial score (nSPS) is 10.5. The lowest BCUT2D eigenvalue weighted by Crippen LogP contribution is -2.34. The Morgan fingerprint density at radius 3 is 2.50 bits per heavy atom. The molecule has 1 heterocycles. The van der Waals surface area contributed by atoms with Crippen LogP contribution in [-0.2, 0) is 16.1 Å². The highest BCUT2D eigenvalue weighted by Gasteiger charge is 2.18. The zero-order valence-electron chi connectivity index (χ0n) is 15.4. The van der Waals surface area contributed by atoms with Crippen molar-refractivity contribution in [1.82, 2.24) is 10.3 Å². The van der Waals surface area contributed by atoms with Gasteiger partial charge in [0.1, 0.15) is 5.75 Å². The Bertz CT molecular complexity index is 732. The van der Waals surface area contributed by atoms with Crippen molar-refractivity contribution in [2.24, 2.45) is 0 Å². The van der Waals surface area contributed by atoms with Crippen LogP contribution in [0.3, 0.4) is 0 Å². The van der Waals surface area contributed by atoms with Crippen molar-refractivity contribution < 1.29 is 14.3 Å². The number of hydrogen-bond acceptors (Lipinski definition) is 4. The molecule has 0 atom stereocenters. The number of aromatic nitrogens is 1. The first-order valence-corrected chi connectivity index (χ1v) is 8.66. The van der Waals surface area contributed by atoms with E-state index in [9.17, 15) is 9.59 Å². The van der Waals surface area contributed by atoms with Crippen LogP contribution in [0.5, 0.6) is 5.75 Å². The minimum atomic E-state index is -0.133. The molecule has 26 heavy (non-hydrogen) atoms. The molecule has 0 unspecified atom stereocenters. The van der Waals surface area contributed by atoms with Gasteiger partial charge in [0, 0.05) is 38.8 Å². The van der Waals surface area contributed by atoms with Crippen LogP contribution in [0.2, 0.25) is 0 Å². The zero-order valence-corrected chi connectivity index (χ0v) is 15.4. The molecule has 0 spiro atoms. The van der Waals surface area contributed by atoms with Crippen LogP contribution in [0.15, 0.2) is 48.8 Å². The standard InChI is InChI=1S/C20H25N3O3/c1-15(2)26-19-7-5-4-6-18(19)23(16(3)24)13-10-20(25)22-14-17-8-11-21-12-9-17/h4-9,11-12,15H,10,13-14H2,1-3H3,(H,22,25). The first-order chi connectivity index (χ1) is 12.5. The summed E-state index contributed by atoms with van der Waals surface area (Å²) < 4.78 is 5.79. The summed E-state index contributed by atoms with van der Waals surface area (Å²) in [4.78, 5) is 29.8. The Labute approximate surface area is 154 Å². The van der Waals surface area contributed by atoms with Crippen molar-refractivity contribution in [3.8, 4) is 5.75 Å². The van der Waals surface area contributed by atoms with Crippen LogP contribution in [-0.4, -0.2) is 29.4 Å². The van der Waals surface area contributed by atoms with Gasteiger partial charge in [0.2, 0.25) is 11.8 Å². The monoisotopic (exact) mass is 355 g/mol. The van der Waals surface area contributed by atoms with Gasteiger partial charge in [0.05, 0.1) is 11.8 Å². The van der Waals surface area contributed by atoms with Crippen LogP contribution in [0.4, 0.5) is 5.69 Å². The average Bonchev–Trinajstić information content (AvgIpc) is 2.61. The fraction of sp³-hybridized carbons (Fsp3) is 0.350. The highest BCUT2D eigenvalue weighted by atomic mass is 16.5. The lowest BCUT2D eigenvalue weighted by molar-refractivity contribution is -0.121. The number of benzene rings is 1. The highest BCUT2D eigenvalue weighted by Crippen LogP contribution is 2.29. The van der Waals surface area contributed by atoms with E-state index >= 15 is 0 Å². The molecule has 1 N–H and O–H groups in total. The SMILES string of the molecule is CC(=O)N(CCC(=O)NCc1ccncc1)c1ccccc1OC(C)C. The summed E-state index contributed by atoms with van der Waals surface area (Å²) >= 11 is 0. The largest absolute Gasteiger partial charge is 0.489 e. The second kappa shape index (κ2) is 9.56. The molecule has 0 saturated carbocycles. The van der Waals surface area contributed by atoms with Crippen molar-refractivity contribution in [1.29, 1.82) is 0 Å². The van der Waals surface area contributed by atoms with Gasteiger partial charge >= 0.3 is 0 Å². The van der Waals surface area contributed by atoms with E-state index < -0.39 is 0 Å². The number of carbonyl (C=O) groups is 2. The van der Waals surface area contributed by atoms with E-state index in [1.165, 1.54) is 6.92 Å². The van der Waals surface area contributed by atoms with E-state index in [0.717, 1.165) is 5.56 Å². The molecule has 2 aromatic rings. The summed E-state index contributed by atoms with van der Waals surface area (Å²) in [5, 5.41) is 2.86. The molecule has 2 rings (SSSR count). The number of nitrogens with one attached hydrogen (secondary N) is 1. The number of anilines is 1. The number of ether oxygens (including phenoxy) is 1. The number of rotatable bonds is 8. The third kappa shape index (κ3) is 5.88. The Morgan fingerprint density at radius 2 is 1.85 bits per heavy atom. The van der Waals surface area contributed by atoms with E-state index in [1.807, 2.05) is 50.2 Å². The molecule has 138 valence electrons. The topological polar surface area (TPSA) is 71.5 Å². The van der Waals surface area contributed by atoms with E-state index in [-0.39, 0.29) is 30.9 Å². The van der Waals surface area contributed by atoms with Gasteiger partial charge in [-0.25, -0.2) is 0 Å². The first kappa shape index (κ1) is 19.4. The number of hydrogen-bond donors (Lipinski definition) is 1. The summed E-state index contributed by atoms with van der Waals surface area (Å²) in [6.45, 7) is 6.08. The molecule has 2 amide bonds. The average molecular weight is 355 g/mol. The predicted octanol–water partition coefficient (Wildman–Crippen LogP) is 2.93. The van der Waals surface area contributed by atoms with Gasteiger partial charge in [-0.2, -0.15) is 0 Å². The second-order valence-electron chi connectivity index (χ2n) is 6.19. The van der Waals surface area contributed by atoms with Gasteiger partial charge in [0.15, 0.2) is 0 Å². The summed E-state index contributed by atoms with van der Waals surface area (Å²) in [7, 11) is 0. The van der Waals surface area contributed by atoms with E-state index in [1.54, 1.807) is 17.3 Å². The van der Waals surface area contributed by atoms with Gasteiger partial charge in [-0.15, -0.1) is 0 Å². The zero-order chi connectivity index (χ0) is 18.9. The predicted molar refractivity (Wildman–Crippen MR) is 101 cm³/mol. The minimum absolute atomic E-state index is 0.00591. The van der Waals surface area contributed by atoms with Gasteiger partial charge in [-0.1, -0.05) is 12.1 Å². The summed E-state index contributed by atoms with van der Waals surface area (Å²) in [6, 6.07) is 11.1. The number of amides is 2. The van der Waals surface area contributed by atoms with Crippen LogP contribution >= 0.6 is 0 Å². The van der Waals surface area contributed by atoms with Crippen molar-refractivity contribution in [2.45, 2.75) is 39.8 Å². The van der Waals surface area contributed by atoms with Crippen LogP contribution in [0, 0.1) is 0 Å². The minimum Gasteiger partial charge on any atom is -0.489 e. The molecule has 0 saturated heterocycles. The summed E-state index contributed by atoms with van der Waals surface area (Å²) in [5.74, 6) is 0.386. The number of carbonyl (C=O) groups excluding carboxylic acids is 2. The van der Waals surface area contributed by atoms with Crippen molar-refractivity contribution in [3.63, 3.8) is 0 Å². The Hall–Kier alpha value is -2.89. The molecule has 0 radical (unpaired) electrons. The molecule has 1 aromatic carbocycles. The second-order valence-corrected chi connectivity index (χ2v) is 6.19. The van der Waals surface area contributed by atoms with Gasteiger partial charge < -0.3 is 15.0 Å². The highest BCUT2D eigenvalue weighted by molar-refractivity contribution is 5.93. The molecule has 0 bridgehead atoms. The maximum atomic E-state index is 12.1. The molecule has 1 aromatic heterocycles. The van der Waals surface area contributed by atoms with Crippen molar-refractivity contribution >= 4 is 17.5 Å². The smallest absolute Gasteiger partial charge is 0.223 e. The molecule has 0 aliphatic carbocycles. The first-order valence-electron chi connectivity index (χ1n) is 8.66. The van der Waals surface area contributed by atoms with Crippen LogP contribution in [0.1, 0.15) is 32.8 Å². The van der Waals surface area contributed by atoms with Crippen LogP contribution in [0.25, 0.3) is 0 Å². The summed E-state index contributed by atoms with van der Waals surface area (Å²) in [5.41, 5.74) is 1.66. The lowest BCUT2D eigenvalue weighted by Gasteiger charge is -2.24. The van der Waals surface area contributed by atoms with Gasteiger partial charge in [-0.3, -0.25) is 14.6 Å². The molecule has 6 nitrogen and oxygen atoms in total. The molecular formula is C20H25N3O3. The number of nitrogens with zero attached hydrogens (tertiary/aromatic N) is 2. The number of para-hydroxylation sites is 2. The van der Waals surface area contributed by atoms with Crippen LogP contribution < -0.4 is 15.0 Å². The van der Waals surface area contributed by atoms with E-state index in [4.69, 9.17) is 4.74 Å². The molecule has 0 fully saturated rings. The Kier molecular flexibility index (Phi) is 7.14. The molecular weight excluding hydrogens is 330 g/mol. The Morgan fingerprint density at radius 1 is 1.15 bits per heavy atom. The van der Waals surface area contributed by atoms with E-state index in [0.29, 0.717) is 18.0 Å². The van der Waals surface area contributed by atoms with E-state index in [2.05, 4.69) is 10.3 Å². The third-order valence-corrected chi connectivity index (χ3v) is 3.70. The Balaban J connectivity index is 1.98. The molecule has 0 aliphatic rings. The lowest BCUT2D eigenvalue weighted by atomic mass is 10.2. The maximum Gasteiger partial charge on any atom is 0.223 e. The third-order valence-electron chi connectivity index (χ3n) is 3.70. The fourth-order valence-electron chi connectivity index (χ4n) is 2.48. The summed E-state index contributed by atoms with van der Waals surface area (Å²) in [6.07, 6.45) is 3.57. The van der Waals surface area contributed by atoms with Crippen molar-refractivity contribution in [3.05, 3.63) is 54.4 Å². The quantitative estimate of drug-likeness (QED) is 0.790. The van der Waals surface area contributed by atoms with Gasteiger partial charge in [-0.05, 0) is 43.7 Å². The molecule has 0 aliphatic heterocycles. The van der Waals surface area contributed by atoms with Gasteiger partial charge in [0.25, 0.3) is 0 Å². The fourth-order valence-corrected chi connectivity index (χ4v) is 2.48. The molecule has 6 heteroatoms.